The monoisotopic (exact) mass is 494 g/mol. The maximum atomic E-state index is 13.2. The van der Waals surface area contributed by atoms with E-state index in [1.165, 1.54) is 0 Å². The summed E-state index contributed by atoms with van der Waals surface area (Å²) in [6, 6.07) is 3.79. The third kappa shape index (κ3) is 11.0. The number of rotatable bonds is 15. The Balaban J connectivity index is 3.06. The van der Waals surface area contributed by atoms with E-state index in [-0.39, 0.29) is 31.6 Å². The second kappa shape index (κ2) is 14.7. The van der Waals surface area contributed by atoms with Crippen LogP contribution >= 0.6 is 0 Å². The van der Waals surface area contributed by atoms with Crippen LogP contribution in [-0.4, -0.2) is 75.8 Å². The van der Waals surface area contributed by atoms with Gasteiger partial charge in [-0.05, 0) is 24.3 Å². The molecule has 0 aromatic heterocycles. The molecule has 0 fully saturated rings. The van der Waals surface area contributed by atoms with Crippen LogP contribution in [0.15, 0.2) is 30.3 Å². The van der Waals surface area contributed by atoms with Crippen LogP contribution in [0.5, 0.6) is 0 Å². The van der Waals surface area contributed by atoms with Crippen molar-refractivity contribution < 1.29 is 39.3 Å². The highest BCUT2D eigenvalue weighted by Crippen LogP contribution is 2.09. The molecule has 0 saturated carbocycles. The smallest absolute Gasteiger partial charge is 0.328 e. The lowest BCUT2D eigenvalue weighted by Gasteiger charge is -2.26. The Labute approximate surface area is 203 Å². The number of aliphatic hydroxyl groups is 1. The van der Waals surface area contributed by atoms with Gasteiger partial charge in [0.25, 0.3) is 0 Å². The average Bonchev–Trinajstić information content (AvgIpc) is 2.79. The van der Waals surface area contributed by atoms with Gasteiger partial charge in [0, 0.05) is 12.8 Å². The van der Waals surface area contributed by atoms with Crippen LogP contribution in [0.4, 0.5) is 0 Å². The van der Waals surface area contributed by atoms with Gasteiger partial charge in [-0.3, -0.25) is 19.2 Å². The molecule has 0 saturated heterocycles. The van der Waals surface area contributed by atoms with Crippen LogP contribution in [0.3, 0.4) is 0 Å². The number of aliphatic carboxylic acids is 2. The number of hydrogen-bond donors (Lipinski definition) is 7. The fourth-order valence-electron chi connectivity index (χ4n) is 3.18. The summed E-state index contributed by atoms with van der Waals surface area (Å²) in [5.74, 6) is -4.83. The predicted molar refractivity (Wildman–Crippen MR) is 125 cm³/mol. The van der Waals surface area contributed by atoms with Crippen molar-refractivity contribution >= 4 is 29.7 Å². The first-order valence-corrected chi connectivity index (χ1v) is 11.2. The molecule has 1 aromatic carbocycles. The molecule has 12 heteroatoms. The van der Waals surface area contributed by atoms with E-state index in [0.29, 0.717) is 5.56 Å². The molecule has 1 rings (SSSR count). The number of benzene rings is 1. The van der Waals surface area contributed by atoms with E-state index in [4.69, 9.17) is 15.9 Å². The molecule has 4 unspecified atom stereocenters. The van der Waals surface area contributed by atoms with E-state index in [0.717, 1.165) is 0 Å². The van der Waals surface area contributed by atoms with Crippen molar-refractivity contribution in [3.8, 4) is 0 Å². The summed E-state index contributed by atoms with van der Waals surface area (Å²) in [5, 5.41) is 34.4. The summed E-state index contributed by atoms with van der Waals surface area (Å²) in [6.45, 7) is 2.78. The summed E-state index contributed by atoms with van der Waals surface area (Å²) in [7, 11) is 0. The van der Waals surface area contributed by atoms with Crippen molar-refractivity contribution in [2.75, 3.05) is 6.61 Å². The summed E-state index contributed by atoms with van der Waals surface area (Å²) in [6.07, 6.45) is -0.221. The normalized spacial score (nSPS) is 14.3. The quantitative estimate of drug-likeness (QED) is 0.159. The van der Waals surface area contributed by atoms with E-state index in [1.807, 2.05) is 0 Å². The molecule has 0 bridgehead atoms. The van der Waals surface area contributed by atoms with Gasteiger partial charge in [0.15, 0.2) is 0 Å². The average molecular weight is 495 g/mol. The highest BCUT2D eigenvalue weighted by atomic mass is 16.4. The van der Waals surface area contributed by atoms with Crippen molar-refractivity contribution in [2.45, 2.75) is 63.7 Å². The molecular formula is C23H34N4O8. The van der Waals surface area contributed by atoms with E-state index in [9.17, 15) is 29.1 Å². The standard InChI is InChI=1S/C23H34N4O8/c1-13(2)10-16(21(32)27-18(12-28)23(34)35)26-22(33)17(11-14-6-4-3-5-7-14)25-20(31)15(24)8-9-19(29)30/h3-7,13,15-18,28H,8-12,24H2,1-2H3,(H,25,31)(H,26,33)(H,27,32)(H,29,30)(H,34,35). The Bertz CT molecular complexity index is 878. The lowest BCUT2D eigenvalue weighted by Crippen LogP contribution is -2.58. The Kier molecular flexibility index (Phi) is 12.4. The van der Waals surface area contributed by atoms with Crippen LogP contribution in [0.2, 0.25) is 0 Å². The molecule has 0 spiro atoms. The van der Waals surface area contributed by atoms with E-state index < -0.39 is 60.4 Å². The zero-order chi connectivity index (χ0) is 26.5. The van der Waals surface area contributed by atoms with Crippen molar-refractivity contribution in [2.24, 2.45) is 11.7 Å². The SMILES string of the molecule is CC(C)CC(NC(=O)C(Cc1ccccc1)NC(=O)C(N)CCC(=O)O)C(=O)NC(CO)C(=O)O. The van der Waals surface area contributed by atoms with Gasteiger partial charge >= 0.3 is 11.9 Å². The van der Waals surface area contributed by atoms with Crippen LogP contribution in [0, 0.1) is 5.92 Å². The molecule has 3 amide bonds. The van der Waals surface area contributed by atoms with Crippen LogP contribution in [0.25, 0.3) is 0 Å². The van der Waals surface area contributed by atoms with E-state index >= 15 is 0 Å². The minimum atomic E-state index is -1.54. The number of amides is 3. The topological polar surface area (TPSA) is 208 Å². The summed E-state index contributed by atoms with van der Waals surface area (Å²) in [4.78, 5) is 60.3. The molecule has 194 valence electrons. The van der Waals surface area contributed by atoms with E-state index in [1.54, 1.807) is 44.2 Å². The number of hydrogen-bond acceptors (Lipinski definition) is 7. The molecule has 0 aliphatic rings. The zero-order valence-corrected chi connectivity index (χ0v) is 19.8. The van der Waals surface area contributed by atoms with Crippen molar-refractivity contribution in [3.05, 3.63) is 35.9 Å². The lowest BCUT2D eigenvalue weighted by molar-refractivity contribution is -0.143. The summed E-state index contributed by atoms with van der Waals surface area (Å²) >= 11 is 0. The maximum Gasteiger partial charge on any atom is 0.328 e. The van der Waals surface area contributed by atoms with Crippen LogP contribution < -0.4 is 21.7 Å². The van der Waals surface area contributed by atoms with Gasteiger partial charge in [0.1, 0.15) is 18.1 Å². The minimum absolute atomic E-state index is 0.0601. The van der Waals surface area contributed by atoms with Gasteiger partial charge < -0.3 is 37.0 Å². The Morgan fingerprint density at radius 2 is 1.40 bits per heavy atom. The highest BCUT2D eigenvalue weighted by Gasteiger charge is 2.30. The molecule has 4 atom stereocenters. The second-order valence-corrected chi connectivity index (χ2v) is 8.56. The molecule has 0 heterocycles. The van der Waals surface area contributed by atoms with E-state index in [2.05, 4.69) is 16.0 Å². The number of carbonyl (C=O) groups is 5. The molecule has 1 aromatic rings. The Morgan fingerprint density at radius 3 is 1.91 bits per heavy atom. The van der Waals surface area contributed by atoms with Gasteiger partial charge in [-0.1, -0.05) is 44.2 Å². The van der Waals surface area contributed by atoms with Gasteiger partial charge in [-0.2, -0.15) is 0 Å². The second-order valence-electron chi connectivity index (χ2n) is 8.56. The Morgan fingerprint density at radius 1 is 0.857 bits per heavy atom. The minimum Gasteiger partial charge on any atom is -0.481 e. The third-order valence-electron chi connectivity index (χ3n) is 5.06. The third-order valence-corrected chi connectivity index (χ3v) is 5.06. The zero-order valence-electron chi connectivity index (χ0n) is 19.8. The van der Waals surface area contributed by atoms with Crippen LogP contribution in [-0.2, 0) is 30.4 Å². The number of carbonyl (C=O) groups excluding carboxylic acids is 3. The Hall–Kier alpha value is -3.51. The molecule has 0 aliphatic heterocycles. The highest BCUT2D eigenvalue weighted by molar-refractivity contribution is 5.94. The van der Waals surface area contributed by atoms with Crippen molar-refractivity contribution in [1.82, 2.24) is 16.0 Å². The molecular weight excluding hydrogens is 460 g/mol. The molecule has 0 radical (unpaired) electrons. The lowest BCUT2D eigenvalue weighted by atomic mass is 10.0. The predicted octanol–water partition coefficient (Wildman–Crippen LogP) is -1.00. The number of nitrogens with two attached hydrogens (primary N) is 1. The number of nitrogens with one attached hydrogen (secondary N) is 3. The van der Waals surface area contributed by atoms with Gasteiger partial charge in [0.05, 0.1) is 12.6 Å². The van der Waals surface area contributed by atoms with Crippen LogP contribution in [0.1, 0.15) is 38.7 Å². The molecule has 0 aliphatic carbocycles. The van der Waals surface area contributed by atoms with Gasteiger partial charge in [-0.25, -0.2) is 4.79 Å². The maximum absolute atomic E-state index is 13.2. The molecule has 35 heavy (non-hydrogen) atoms. The first kappa shape index (κ1) is 29.5. The van der Waals surface area contributed by atoms with Gasteiger partial charge in [-0.15, -0.1) is 0 Å². The number of aliphatic hydroxyl groups excluding tert-OH is 1. The molecule has 8 N–H and O–H groups in total. The summed E-state index contributed by atoms with van der Waals surface area (Å²) < 4.78 is 0. The number of carboxylic acid groups (broad SMARTS) is 2. The van der Waals surface area contributed by atoms with Crippen molar-refractivity contribution in [3.63, 3.8) is 0 Å². The van der Waals surface area contributed by atoms with Crippen molar-refractivity contribution in [1.29, 1.82) is 0 Å². The first-order valence-electron chi connectivity index (χ1n) is 11.2. The fraction of sp³-hybridized carbons (Fsp3) is 0.522. The first-order chi connectivity index (χ1) is 16.4. The summed E-state index contributed by atoms with van der Waals surface area (Å²) in [5.41, 5.74) is 6.48. The largest absolute Gasteiger partial charge is 0.481 e. The molecule has 12 nitrogen and oxygen atoms in total. The van der Waals surface area contributed by atoms with Gasteiger partial charge in [0.2, 0.25) is 17.7 Å². The number of carboxylic acids is 2. The fourth-order valence-corrected chi connectivity index (χ4v) is 3.18.